The van der Waals surface area contributed by atoms with Gasteiger partial charge in [-0.15, -0.1) is 0 Å². The van der Waals surface area contributed by atoms with Crippen LogP contribution in [0, 0.1) is 0 Å². The van der Waals surface area contributed by atoms with Gasteiger partial charge in [0.05, 0.1) is 17.2 Å². The Bertz CT molecular complexity index is 1040. The Labute approximate surface area is 188 Å². The first-order valence-corrected chi connectivity index (χ1v) is 11.6. The number of carbonyl (C=O) groups is 1. The zero-order valence-corrected chi connectivity index (χ0v) is 19.2. The summed E-state index contributed by atoms with van der Waals surface area (Å²) in [6.45, 7) is 6.28. The maximum atomic E-state index is 13.0. The molecule has 2 aromatic carbocycles. The molecule has 3 rings (SSSR count). The van der Waals surface area contributed by atoms with Gasteiger partial charge in [0.25, 0.3) is 5.91 Å². The number of amides is 1. The topological polar surface area (TPSA) is 41.5 Å². The molecule has 31 heavy (non-hydrogen) atoms. The fraction of sp³-hybridized carbons (Fsp3) is 0.308. The minimum absolute atomic E-state index is 0.0691. The van der Waals surface area contributed by atoms with Crippen molar-refractivity contribution >= 4 is 29.1 Å². The van der Waals surface area contributed by atoms with Gasteiger partial charge in [0.1, 0.15) is 0 Å². The molecule has 3 nitrogen and oxygen atoms in total. The second-order valence-electron chi connectivity index (χ2n) is 7.61. The lowest BCUT2D eigenvalue weighted by Crippen LogP contribution is -2.24. The van der Waals surface area contributed by atoms with Crippen LogP contribution in [0.3, 0.4) is 0 Å². The van der Waals surface area contributed by atoms with Crippen molar-refractivity contribution in [2.24, 2.45) is 4.99 Å². The quantitative estimate of drug-likeness (QED) is 0.438. The third kappa shape index (κ3) is 6.17. The number of fused-ring (bicyclic) bond motifs is 2. The molecule has 0 fully saturated rings. The number of aliphatic imine (C=N–C) groups is 1. The molecule has 0 radical (unpaired) electrons. The standard InChI is InChI=1S/C26H29FN2OS/c1-4-5-16-28-26(30)20-14-15-24-22(17-20)29-25(18(2)10-6-7-11-19(3)27)21-12-8-9-13-23(21)31-24/h8-15,17H,4-7,16H2,1-3H3,(H,28,30)/b18-10+,19-11?. The Hall–Kier alpha value is -2.66. The molecule has 2 aromatic rings. The predicted octanol–water partition coefficient (Wildman–Crippen LogP) is 7.40. The number of hydrogen-bond donors (Lipinski definition) is 1. The van der Waals surface area contributed by atoms with E-state index < -0.39 is 0 Å². The Morgan fingerprint density at radius 1 is 1.10 bits per heavy atom. The van der Waals surface area contributed by atoms with Crippen molar-refractivity contribution in [3.05, 3.63) is 77.1 Å². The van der Waals surface area contributed by atoms with Crippen LogP contribution < -0.4 is 5.32 Å². The van der Waals surface area contributed by atoms with Gasteiger partial charge in [-0.3, -0.25) is 4.79 Å². The molecule has 0 aliphatic carbocycles. The van der Waals surface area contributed by atoms with Crippen LogP contribution in [0.2, 0.25) is 0 Å². The van der Waals surface area contributed by atoms with Gasteiger partial charge in [0, 0.05) is 27.5 Å². The second kappa shape index (κ2) is 11.1. The highest BCUT2D eigenvalue weighted by Gasteiger charge is 2.19. The van der Waals surface area contributed by atoms with Gasteiger partial charge in [0.2, 0.25) is 0 Å². The summed E-state index contributed by atoms with van der Waals surface area (Å²) in [5.74, 6) is -0.223. The van der Waals surface area contributed by atoms with Crippen molar-refractivity contribution < 1.29 is 9.18 Å². The van der Waals surface area contributed by atoms with E-state index in [-0.39, 0.29) is 11.7 Å². The summed E-state index contributed by atoms with van der Waals surface area (Å²) in [6, 6.07) is 13.9. The number of allylic oxidation sites excluding steroid dienone is 4. The maximum absolute atomic E-state index is 13.0. The zero-order chi connectivity index (χ0) is 22.2. The van der Waals surface area contributed by atoms with Crippen LogP contribution in [0.15, 0.2) is 80.8 Å². The molecule has 0 saturated heterocycles. The minimum Gasteiger partial charge on any atom is -0.352 e. The van der Waals surface area contributed by atoms with E-state index in [0.717, 1.165) is 51.6 Å². The SMILES string of the molecule is CCCCNC(=O)c1ccc2c(c1)N=C(/C(C)=C/CCC=C(C)F)c1ccccc1S2. The Morgan fingerprint density at radius 3 is 2.65 bits per heavy atom. The van der Waals surface area contributed by atoms with Gasteiger partial charge in [-0.2, -0.15) is 0 Å². The lowest BCUT2D eigenvalue weighted by Gasteiger charge is -2.09. The van der Waals surface area contributed by atoms with Crippen LogP contribution in [-0.2, 0) is 0 Å². The van der Waals surface area contributed by atoms with Crippen LogP contribution >= 0.6 is 11.8 Å². The highest BCUT2D eigenvalue weighted by molar-refractivity contribution is 7.99. The molecule has 0 spiro atoms. The fourth-order valence-corrected chi connectivity index (χ4v) is 4.35. The van der Waals surface area contributed by atoms with Crippen LogP contribution in [0.1, 0.15) is 62.4 Å². The van der Waals surface area contributed by atoms with E-state index in [0.29, 0.717) is 18.5 Å². The highest BCUT2D eigenvalue weighted by atomic mass is 32.2. The lowest BCUT2D eigenvalue weighted by atomic mass is 10.0. The maximum Gasteiger partial charge on any atom is 0.251 e. The van der Waals surface area contributed by atoms with E-state index in [1.54, 1.807) is 17.8 Å². The third-order valence-electron chi connectivity index (χ3n) is 5.05. The van der Waals surface area contributed by atoms with Crippen molar-refractivity contribution in [2.45, 2.75) is 56.2 Å². The highest BCUT2D eigenvalue weighted by Crippen LogP contribution is 2.41. The van der Waals surface area contributed by atoms with Gasteiger partial charge < -0.3 is 5.32 Å². The van der Waals surface area contributed by atoms with Crippen molar-refractivity contribution in [1.29, 1.82) is 0 Å². The smallest absolute Gasteiger partial charge is 0.251 e. The number of carbonyl (C=O) groups excluding carboxylic acids is 1. The summed E-state index contributed by atoms with van der Waals surface area (Å²) >= 11 is 1.67. The Morgan fingerprint density at radius 2 is 1.87 bits per heavy atom. The number of halogens is 1. The van der Waals surface area contributed by atoms with E-state index >= 15 is 0 Å². The summed E-state index contributed by atoms with van der Waals surface area (Å²) in [5.41, 5.74) is 4.43. The molecule has 0 bridgehead atoms. The second-order valence-corrected chi connectivity index (χ2v) is 8.69. The molecule has 1 heterocycles. The summed E-state index contributed by atoms with van der Waals surface area (Å²) in [4.78, 5) is 19.7. The van der Waals surface area contributed by atoms with E-state index in [4.69, 9.17) is 4.99 Å². The molecule has 1 N–H and O–H groups in total. The molecule has 1 aliphatic heterocycles. The van der Waals surface area contributed by atoms with Crippen LogP contribution in [-0.4, -0.2) is 18.2 Å². The molecule has 0 saturated carbocycles. The lowest BCUT2D eigenvalue weighted by molar-refractivity contribution is 0.0953. The molecular weight excluding hydrogens is 407 g/mol. The molecule has 1 amide bonds. The Kier molecular flexibility index (Phi) is 8.24. The first kappa shape index (κ1) is 23.0. The molecule has 5 heteroatoms. The van der Waals surface area contributed by atoms with E-state index in [1.807, 2.05) is 37.3 Å². The van der Waals surface area contributed by atoms with Crippen molar-refractivity contribution in [3.8, 4) is 0 Å². The van der Waals surface area contributed by atoms with Gasteiger partial charge in [-0.1, -0.05) is 55.5 Å². The predicted molar refractivity (Wildman–Crippen MR) is 128 cm³/mol. The van der Waals surface area contributed by atoms with E-state index in [2.05, 4.69) is 30.4 Å². The van der Waals surface area contributed by atoms with Gasteiger partial charge >= 0.3 is 0 Å². The Balaban J connectivity index is 1.96. The van der Waals surface area contributed by atoms with Crippen molar-refractivity contribution in [1.82, 2.24) is 5.32 Å². The largest absolute Gasteiger partial charge is 0.352 e. The molecule has 0 aromatic heterocycles. The summed E-state index contributed by atoms with van der Waals surface area (Å²) in [7, 11) is 0. The van der Waals surface area contributed by atoms with Crippen LogP contribution in [0.25, 0.3) is 0 Å². The number of nitrogens with zero attached hydrogens (tertiary/aromatic N) is 1. The first-order valence-electron chi connectivity index (χ1n) is 10.8. The number of rotatable bonds is 8. The third-order valence-corrected chi connectivity index (χ3v) is 6.19. The number of hydrogen-bond acceptors (Lipinski definition) is 3. The molecule has 0 atom stereocenters. The number of benzene rings is 2. The normalized spacial score (nSPS) is 13.7. The van der Waals surface area contributed by atoms with Crippen molar-refractivity contribution in [3.63, 3.8) is 0 Å². The average molecular weight is 437 g/mol. The molecule has 162 valence electrons. The molecular formula is C26H29FN2OS. The summed E-state index contributed by atoms with van der Waals surface area (Å²) in [6.07, 6.45) is 7.11. The number of nitrogens with one attached hydrogen (secondary N) is 1. The van der Waals surface area contributed by atoms with Crippen LogP contribution in [0.5, 0.6) is 0 Å². The zero-order valence-electron chi connectivity index (χ0n) is 18.4. The van der Waals surface area contributed by atoms with Gasteiger partial charge in [-0.25, -0.2) is 9.38 Å². The number of unbranched alkanes of at least 4 members (excludes halogenated alkanes) is 2. The van der Waals surface area contributed by atoms with E-state index in [1.165, 1.54) is 6.92 Å². The first-order chi connectivity index (χ1) is 15.0. The summed E-state index contributed by atoms with van der Waals surface area (Å²) < 4.78 is 13.0. The van der Waals surface area contributed by atoms with Gasteiger partial charge in [0.15, 0.2) is 0 Å². The van der Waals surface area contributed by atoms with Crippen LogP contribution in [0.4, 0.5) is 10.1 Å². The molecule has 0 unspecified atom stereocenters. The van der Waals surface area contributed by atoms with Crippen molar-refractivity contribution in [2.75, 3.05) is 6.54 Å². The van der Waals surface area contributed by atoms with Gasteiger partial charge in [-0.05, 0) is 62.9 Å². The summed E-state index contributed by atoms with van der Waals surface area (Å²) in [5, 5.41) is 2.98. The minimum atomic E-state index is -0.154. The fourth-order valence-electron chi connectivity index (χ4n) is 3.34. The molecule has 1 aliphatic rings. The monoisotopic (exact) mass is 436 g/mol. The average Bonchev–Trinajstić information content (AvgIpc) is 2.92. The van der Waals surface area contributed by atoms with E-state index in [9.17, 15) is 9.18 Å².